The minimum Gasteiger partial charge on any atom is -0.292 e. The molecule has 0 radical (unpaired) electrons. The molecule has 0 saturated carbocycles. The maximum atomic E-state index is 13.2. The monoisotopic (exact) mass is 340 g/mol. The second kappa shape index (κ2) is 6.64. The minimum absolute atomic E-state index is 0.0227. The molecule has 126 valence electrons. The molecule has 1 aliphatic heterocycles. The molecule has 4 amide bonds. The fourth-order valence-electron chi connectivity index (χ4n) is 2.49. The molecule has 0 spiro atoms. The van der Waals surface area contributed by atoms with E-state index in [0.29, 0.717) is 10.5 Å². The van der Waals surface area contributed by atoms with Crippen LogP contribution in [0.25, 0.3) is 0 Å². The number of urea groups is 1. The van der Waals surface area contributed by atoms with Crippen molar-refractivity contribution < 1.29 is 23.6 Å². The van der Waals surface area contributed by atoms with Gasteiger partial charge in [0.1, 0.15) is 5.82 Å². The van der Waals surface area contributed by atoms with Crippen molar-refractivity contribution >= 4 is 23.6 Å². The van der Waals surface area contributed by atoms with Gasteiger partial charge in [-0.15, -0.1) is 0 Å². The molecule has 7 heteroatoms. The van der Waals surface area contributed by atoms with Crippen molar-refractivity contribution in [2.24, 2.45) is 0 Å². The van der Waals surface area contributed by atoms with Crippen LogP contribution in [0.5, 0.6) is 0 Å². The quantitative estimate of drug-likeness (QED) is 0.474. The maximum Gasteiger partial charge on any atom is 0.334 e. The molecule has 0 unspecified atom stereocenters. The van der Waals surface area contributed by atoms with Crippen LogP contribution in [0.3, 0.4) is 0 Å². The summed E-state index contributed by atoms with van der Waals surface area (Å²) in [5.41, 5.74) is 0.699. The average molecular weight is 340 g/mol. The average Bonchev–Trinajstić information content (AvgIpc) is 2.80. The first-order valence-electron chi connectivity index (χ1n) is 7.47. The van der Waals surface area contributed by atoms with Crippen LogP contribution < -0.4 is 0 Å². The molecule has 3 rings (SSSR count). The van der Waals surface area contributed by atoms with Gasteiger partial charge in [-0.1, -0.05) is 42.5 Å². The van der Waals surface area contributed by atoms with Crippen molar-refractivity contribution in [3.63, 3.8) is 0 Å². The molecule has 1 fully saturated rings. The Labute approximate surface area is 142 Å². The number of hydrogen-bond acceptors (Lipinski definition) is 4. The van der Waals surface area contributed by atoms with Gasteiger partial charge in [-0.05, 0) is 17.7 Å². The number of rotatable bonds is 5. The molecule has 2 aromatic carbocycles. The zero-order valence-electron chi connectivity index (χ0n) is 13.0. The number of hydrogen-bond donors (Lipinski definition) is 0. The minimum atomic E-state index is -1.06. The molecule has 0 aliphatic carbocycles. The lowest BCUT2D eigenvalue weighted by atomic mass is 10.1. The normalized spacial score (nSPS) is 14.4. The zero-order valence-corrected chi connectivity index (χ0v) is 13.0. The zero-order chi connectivity index (χ0) is 18.0. The lowest BCUT2D eigenvalue weighted by Crippen LogP contribution is -2.36. The van der Waals surface area contributed by atoms with Gasteiger partial charge >= 0.3 is 17.8 Å². The molecule has 25 heavy (non-hydrogen) atoms. The second-order valence-corrected chi connectivity index (χ2v) is 5.48. The molecule has 0 aromatic heterocycles. The highest BCUT2D eigenvalue weighted by Gasteiger charge is 2.45. The topological polar surface area (TPSA) is 74.8 Å². The Balaban J connectivity index is 1.76. The number of Topliss-reactive ketones (excluding diaryl/α,β-unsaturated/α-hetero) is 1. The molecule has 0 bridgehead atoms. The molecule has 1 saturated heterocycles. The molecule has 2 aromatic rings. The second-order valence-electron chi connectivity index (χ2n) is 5.48. The summed E-state index contributed by atoms with van der Waals surface area (Å²) in [6.07, 6.45) is 0. The van der Waals surface area contributed by atoms with Gasteiger partial charge < -0.3 is 0 Å². The molecule has 0 N–H and O–H groups in total. The third-order valence-electron chi connectivity index (χ3n) is 3.77. The Morgan fingerprint density at radius 2 is 1.56 bits per heavy atom. The van der Waals surface area contributed by atoms with Crippen LogP contribution in [0.2, 0.25) is 0 Å². The van der Waals surface area contributed by atoms with Crippen molar-refractivity contribution in [2.75, 3.05) is 6.54 Å². The molecular weight excluding hydrogens is 327 g/mol. The van der Waals surface area contributed by atoms with Crippen molar-refractivity contribution in [1.82, 2.24) is 9.80 Å². The van der Waals surface area contributed by atoms with E-state index < -0.39 is 36.0 Å². The summed E-state index contributed by atoms with van der Waals surface area (Å²) in [4.78, 5) is 50.0. The standard InChI is InChI=1S/C18H13FN2O4/c19-14-8-4-7-13(9-14)15(22)11-21-17(24)16(23)20(18(21)25)10-12-5-2-1-3-6-12/h1-9H,10-11H2. The fourth-order valence-corrected chi connectivity index (χ4v) is 2.49. The predicted octanol–water partition coefficient (Wildman–Crippen LogP) is 2.00. The van der Waals surface area contributed by atoms with E-state index in [1.807, 2.05) is 0 Å². The summed E-state index contributed by atoms with van der Waals surface area (Å²) in [6.45, 7) is -0.674. The number of imide groups is 2. The first-order valence-corrected chi connectivity index (χ1v) is 7.47. The van der Waals surface area contributed by atoms with Gasteiger partial charge in [0.2, 0.25) is 0 Å². The summed E-state index contributed by atoms with van der Waals surface area (Å²) in [5, 5.41) is 0. The van der Waals surface area contributed by atoms with Crippen LogP contribution >= 0.6 is 0 Å². The highest BCUT2D eigenvalue weighted by molar-refractivity contribution is 6.45. The Hall–Kier alpha value is -3.35. The van der Waals surface area contributed by atoms with Gasteiger partial charge in [-0.25, -0.2) is 14.1 Å². The maximum absolute atomic E-state index is 13.2. The van der Waals surface area contributed by atoms with Crippen molar-refractivity contribution in [3.8, 4) is 0 Å². The molecular formula is C18H13FN2O4. The Bertz CT molecular complexity index is 866. The van der Waals surface area contributed by atoms with Crippen molar-refractivity contribution in [3.05, 3.63) is 71.5 Å². The Morgan fingerprint density at radius 3 is 2.24 bits per heavy atom. The first kappa shape index (κ1) is 16.5. The third kappa shape index (κ3) is 3.30. The highest BCUT2D eigenvalue weighted by atomic mass is 19.1. The summed E-state index contributed by atoms with van der Waals surface area (Å²) >= 11 is 0. The van der Waals surface area contributed by atoms with Gasteiger partial charge in [-0.3, -0.25) is 19.3 Å². The van der Waals surface area contributed by atoms with E-state index in [2.05, 4.69) is 0 Å². The summed E-state index contributed by atoms with van der Waals surface area (Å²) in [7, 11) is 0. The van der Waals surface area contributed by atoms with Crippen molar-refractivity contribution in [1.29, 1.82) is 0 Å². The number of benzene rings is 2. The van der Waals surface area contributed by atoms with Gasteiger partial charge in [0.05, 0.1) is 13.1 Å². The highest BCUT2D eigenvalue weighted by Crippen LogP contribution is 2.17. The van der Waals surface area contributed by atoms with E-state index in [0.717, 1.165) is 11.0 Å². The van der Waals surface area contributed by atoms with Gasteiger partial charge in [0, 0.05) is 5.56 Å². The third-order valence-corrected chi connectivity index (χ3v) is 3.77. The molecule has 1 heterocycles. The van der Waals surface area contributed by atoms with E-state index in [-0.39, 0.29) is 12.1 Å². The molecule has 6 nitrogen and oxygen atoms in total. The smallest absolute Gasteiger partial charge is 0.292 e. The lowest BCUT2D eigenvalue weighted by molar-refractivity contribution is -0.143. The SMILES string of the molecule is O=C(CN1C(=O)C(=O)N(Cc2ccccc2)C1=O)c1cccc(F)c1. The van der Waals surface area contributed by atoms with E-state index in [1.54, 1.807) is 30.3 Å². The largest absolute Gasteiger partial charge is 0.334 e. The van der Waals surface area contributed by atoms with Gasteiger partial charge in [0.15, 0.2) is 5.78 Å². The summed E-state index contributed by atoms with van der Waals surface area (Å²) in [6, 6.07) is 12.8. The van der Waals surface area contributed by atoms with Crippen LogP contribution in [0, 0.1) is 5.82 Å². The van der Waals surface area contributed by atoms with E-state index in [1.165, 1.54) is 18.2 Å². The predicted molar refractivity (Wildman–Crippen MR) is 84.8 cm³/mol. The van der Waals surface area contributed by atoms with Crippen molar-refractivity contribution in [2.45, 2.75) is 6.54 Å². The van der Waals surface area contributed by atoms with Gasteiger partial charge in [-0.2, -0.15) is 0 Å². The number of nitrogens with zero attached hydrogens (tertiary/aromatic N) is 2. The van der Waals surface area contributed by atoms with Crippen LogP contribution in [0.1, 0.15) is 15.9 Å². The lowest BCUT2D eigenvalue weighted by Gasteiger charge is -2.15. The Kier molecular flexibility index (Phi) is 4.38. The van der Waals surface area contributed by atoms with E-state index in [4.69, 9.17) is 0 Å². The fraction of sp³-hybridized carbons (Fsp3) is 0.111. The van der Waals surface area contributed by atoms with Crippen LogP contribution in [0.15, 0.2) is 54.6 Å². The van der Waals surface area contributed by atoms with Crippen LogP contribution in [0.4, 0.5) is 9.18 Å². The summed E-state index contributed by atoms with van der Waals surface area (Å²) < 4.78 is 13.2. The van der Waals surface area contributed by atoms with Gasteiger partial charge in [0.25, 0.3) is 0 Å². The van der Waals surface area contributed by atoms with Crippen LogP contribution in [-0.2, 0) is 16.1 Å². The number of halogens is 1. The number of carbonyl (C=O) groups excluding carboxylic acids is 4. The number of ketones is 1. The number of amides is 4. The summed E-state index contributed by atoms with van der Waals surface area (Å²) in [5.74, 6) is -3.28. The number of carbonyl (C=O) groups is 4. The first-order chi connectivity index (χ1) is 12.0. The Morgan fingerprint density at radius 1 is 0.880 bits per heavy atom. The molecule has 1 aliphatic rings. The van der Waals surface area contributed by atoms with E-state index in [9.17, 15) is 23.6 Å². The van der Waals surface area contributed by atoms with E-state index >= 15 is 0 Å². The molecule has 0 atom stereocenters. The van der Waals surface area contributed by atoms with Crippen LogP contribution in [-0.4, -0.2) is 40.0 Å².